The zero-order valence-electron chi connectivity index (χ0n) is 10.2. The fourth-order valence-corrected chi connectivity index (χ4v) is 2.31. The number of rotatable bonds is 4. The predicted octanol–water partition coefficient (Wildman–Crippen LogP) is 1.18. The van der Waals surface area contributed by atoms with E-state index in [4.69, 9.17) is 10.2 Å². The van der Waals surface area contributed by atoms with Crippen molar-refractivity contribution in [2.75, 3.05) is 0 Å². The molecule has 1 unspecified atom stereocenters. The van der Waals surface area contributed by atoms with E-state index < -0.39 is 17.9 Å². The van der Waals surface area contributed by atoms with E-state index in [-0.39, 0.29) is 12.1 Å². The van der Waals surface area contributed by atoms with Gasteiger partial charge in [-0.3, -0.25) is 4.79 Å². The van der Waals surface area contributed by atoms with Gasteiger partial charge >= 0.3 is 11.9 Å². The van der Waals surface area contributed by atoms with Gasteiger partial charge in [-0.25, -0.2) is 9.78 Å². The summed E-state index contributed by atoms with van der Waals surface area (Å²) < 4.78 is 1.88. The Hall–Kier alpha value is -1.85. The molecule has 2 N–H and O–H groups in total. The van der Waals surface area contributed by atoms with Crippen LogP contribution in [0.1, 0.15) is 41.8 Å². The van der Waals surface area contributed by atoms with Crippen LogP contribution in [0.2, 0.25) is 0 Å². The largest absolute Gasteiger partial charge is 0.481 e. The van der Waals surface area contributed by atoms with Crippen LogP contribution in [-0.2, 0) is 24.2 Å². The van der Waals surface area contributed by atoms with E-state index in [1.165, 1.54) is 0 Å². The van der Waals surface area contributed by atoms with Crippen LogP contribution in [0.25, 0.3) is 0 Å². The predicted molar refractivity (Wildman–Crippen MR) is 62.6 cm³/mol. The first-order valence-electron chi connectivity index (χ1n) is 6.05. The Balaban J connectivity index is 2.36. The summed E-state index contributed by atoms with van der Waals surface area (Å²) in [6.45, 7) is 2.34. The second-order valence-corrected chi connectivity index (χ2v) is 4.68. The summed E-state index contributed by atoms with van der Waals surface area (Å²) in [5.74, 6) is -1.90. The first-order valence-corrected chi connectivity index (χ1v) is 6.05. The number of aromatic nitrogens is 2. The molecular formula is C12H16N2O4. The van der Waals surface area contributed by atoms with Crippen LogP contribution in [0, 0.1) is 5.92 Å². The molecule has 0 aromatic carbocycles. The lowest BCUT2D eigenvalue weighted by Gasteiger charge is -2.17. The zero-order valence-corrected chi connectivity index (χ0v) is 10.2. The minimum Gasteiger partial charge on any atom is -0.481 e. The highest BCUT2D eigenvalue weighted by atomic mass is 16.4. The first-order chi connectivity index (χ1) is 8.50. The van der Waals surface area contributed by atoms with Crippen molar-refractivity contribution in [3.63, 3.8) is 0 Å². The molecule has 0 radical (unpaired) electrons. The van der Waals surface area contributed by atoms with Crippen LogP contribution >= 0.6 is 0 Å². The van der Waals surface area contributed by atoms with Gasteiger partial charge in [0, 0.05) is 13.0 Å². The fourth-order valence-electron chi connectivity index (χ4n) is 2.31. The fraction of sp³-hybridized carbons (Fsp3) is 0.583. The average molecular weight is 252 g/mol. The minimum atomic E-state index is -1.03. The molecule has 1 atom stereocenters. The molecule has 18 heavy (non-hydrogen) atoms. The molecule has 6 nitrogen and oxygen atoms in total. The summed E-state index contributed by atoms with van der Waals surface area (Å²) >= 11 is 0. The highest BCUT2D eigenvalue weighted by Crippen LogP contribution is 2.22. The zero-order chi connectivity index (χ0) is 13.3. The Morgan fingerprint density at radius 3 is 2.72 bits per heavy atom. The number of hydrogen-bond acceptors (Lipinski definition) is 3. The van der Waals surface area contributed by atoms with Crippen molar-refractivity contribution in [2.45, 2.75) is 39.2 Å². The molecule has 0 fully saturated rings. The second-order valence-electron chi connectivity index (χ2n) is 4.68. The molecule has 1 aromatic rings. The van der Waals surface area contributed by atoms with Crippen molar-refractivity contribution in [1.29, 1.82) is 0 Å². The number of carboxylic acid groups (broad SMARTS) is 2. The molecule has 98 valence electrons. The maximum Gasteiger partial charge on any atom is 0.356 e. The Labute approximate surface area is 104 Å². The van der Waals surface area contributed by atoms with E-state index in [0.29, 0.717) is 12.2 Å². The number of imidazole rings is 1. The summed E-state index contributed by atoms with van der Waals surface area (Å²) in [5, 5.41) is 18.0. The van der Waals surface area contributed by atoms with E-state index in [1.54, 1.807) is 6.92 Å². The topological polar surface area (TPSA) is 92.4 Å². The van der Waals surface area contributed by atoms with Gasteiger partial charge in [0.25, 0.3) is 0 Å². The molecule has 2 heterocycles. The van der Waals surface area contributed by atoms with Gasteiger partial charge in [-0.2, -0.15) is 0 Å². The average Bonchev–Trinajstić information content (AvgIpc) is 2.68. The molecule has 2 rings (SSSR count). The van der Waals surface area contributed by atoms with Crippen LogP contribution in [0.15, 0.2) is 0 Å². The summed E-state index contributed by atoms with van der Waals surface area (Å²) in [6.07, 6.45) is 2.92. The van der Waals surface area contributed by atoms with Gasteiger partial charge in [0.2, 0.25) is 0 Å². The standard InChI is InChI=1S/C12H16N2O4/c1-7(11(15)16)6-9-13-10(12(17)18)8-4-2-3-5-14(8)9/h7H,2-6H2,1H3,(H,15,16)(H,17,18). The van der Waals surface area contributed by atoms with Gasteiger partial charge in [0.15, 0.2) is 5.69 Å². The Morgan fingerprint density at radius 1 is 1.39 bits per heavy atom. The molecular weight excluding hydrogens is 236 g/mol. The van der Waals surface area contributed by atoms with Crippen molar-refractivity contribution in [3.8, 4) is 0 Å². The number of aliphatic carboxylic acids is 1. The highest BCUT2D eigenvalue weighted by molar-refractivity contribution is 5.87. The van der Waals surface area contributed by atoms with Gasteiger partial charge in [0.05, 0.1) is 11.6 Å². The van der Waals surface area contributed by atoms with Crippen molar-refractivity contribution in [2.24, 2.45) is 5.92 Å². The quantitative estimate of drug-likeness (QED) is 0.839. The molecule has 0 aliphatic carbocycles. The van der Waals surface area contributed by atoms with Gasteiger partial charge in [-0.05, 0) is 19.3 Å². The SMILES string of the molecule is CC(Cc1nc(C(=O)O)c2n1CCCC2)C(=O)O. The van der Waals surface area contributed by atoms with Crippen LogP contribution in [0.3, 0.4) is 0 Å². The van der Waals surface area contributed by atoms with Crippen LogP contribution in [0.4, 0.5) is 0 Å². The van der Waals surface area contributed by atoms with Gasteiger partial charge in [0.1, 0.15) is 5.82 Å². The second kappa shape index (κ2) is 4.80. The highest BCUT2D eigenvalue weighted by Gasteiger charge is 2.25. The monoisotopic (exact) mass is 252 g/mol. The third kappa shape index (κ3) is 2.23. The number of aromatic carboxylic acids is 1. The Bertz CT molecular complexity index is 493. The van der Waals surface area contributed by atoms with Gasteiger partial charge in [-0.1, -0.05) is 6.92 Å². The van der Waals surface area contributed by atoms with Gasteiger partial charge in [-0.15, -0.1) is 0 Å². The summed E-state index contributed by atoms with van der Waals surface area (Å²) in [7, 11) is 0. The number of fused-ring (bicyclic) bond motifs is 1. The molecule has 0 saturated heterocycles. The normalized spacial score (nSPS) is 16.1. The van der Waals surface area contributed by atoms with Crippen molar-refractivity contribution in [1.82, 2.24) is 9.55 Å². The molecule has 1 aromatic heterocycles. The van der Waals surface area contributed by atoms with E-state index in [1.807, 2.05) is 4.57 Å². The van der Waals surface area contributed by atoms with E-state index in [9.17, 15) is 9.59 Å². The maximum absolute atomic E-state index is 11.1. The lowest BCUT2D eigenvalue weighted by atomic mass is 10.1. The van der Waals surface area contributed by atoms with Crippen LogP contribution < -0.4 is 0 Å². The van der Waals surface area contributed by atoms with Crippen molar-refractivity contribution in [3.05, 3.63) is 17.2 Å². The van der Waals surface area contributed by atoms with E-state index >= 15 is 0 Å². The van der Waals surface area contributed by atoms with Gasteiger partial charge < -0.3 is 14.8 Å². The Kier molecular flexibility index (Phi) is 3.36. The molecule has 0 spiro atoms. The molecule has 6 heteroatoms. The van der Waals surface area contributed by atoms with Crippen molar-refractivity contribution >= 4 is 11.9 Å². The van der Waals surface area contributed by atoms with E-state index in [0.717, 1.165) is 25.1 Å². The summed E-state index contributed by atoms with van der Waals surface area (Å²) in [4.78, 5) is 26.1. The summed E-state index contributed by atoms with van der Waals surface area (Å²) in [6, 6.07) is 0. The lowest BCUT2D eigenvalue weighted by molar-refractivity contribution is -0.141. The van der Waals surface area contributed by atoms with Crippen LogP contribution in [-0.4, -0.2) is 31.7 Å². The van der Waals surface area contributed by atoms with E-state index in [2.05, 4.69) is 4.98 Å². The number of carbonyl (C=O) groups is 2. The molecule has 0 saturated carbocycles. The number of hydrogen-bond donors (Lipinski definition) is 2. The Morgan fingerprint density at radius 2 is 2.11 bits per heavy atom. The number of nitrogens with zero attached hydrogens (tertiary/aromatic N) is 2. The lowest BCUT2D eigenvalue weighted by Crippen LogP contribution is -2.18. The van der Waals surface area contributed by atoms with Crippen LogP contribution in [0.5, 0.6) is 0 Å². The maximum atomic E-state index is 11.1. The summed E-state index contributed by atoms with van der Waals surface area (Å²) in [5.41, 5.74) is 0.823. The molecule has 1 aliphatic rings. The first kappa shape index (κ1) is 12.6. The molecule has 1 aliphatic heterocycles. The number of carboxylic acids is 2. The third-order valence-electron chi connectivity index (χ3n) is 3.31. The smallest absolute Gasteiger partial charge is 0.356 e. The van der Waals surface area contributed by atoms with Crippen molar-refractivity contribution < 1.29 is 19.8 Å². The minimum absolute atomic E-state index is 0.0855. The molecule has 0 amide bonds. The molecule has 0 bridgehead atoms. The third-order valence-corrected chi connectivity index (χ3v) is 3.31.